The molecule has 0 aromatic carbocycles. The molecule has 0 radical (unpaired) electrons. The Morgan fingerprint density at radius 2 is 0.308 bits per heavy atom. The van der Waals surface area contributed by atoms with Crippen LogP contribution in [-0.4, -0.2) is 126 Å². The first kappa shape index (κ1) is 63.0. The van der Waals surface area contributed by atoms with E-state index in [9.17, 15) is 0 Å². The molecule has 0 unspecified atom stereocenters. The maximum absolute atomic E-state index is 8.53. The fourth-order valence-corrected chi connectivity index (χ4v) is 0. The Labute approximate surface area is 237 Å². The molecule has 144 valence electrons. The third-order valence-corrected chi connectivity index (χ3v) is 0. The normalized spacial score (nSPS) is 3.69. The van der Waals surface area contributed by atoms with Crippen molar-refractivity contribution in [1.82, 2.24) is 0 Å². The van der Waals surface area contributed by atoms with Crippen LogP contribution in [-0.2, 0) is 82.3 Å². The summed E-state index contributed by atoms with van der Waals surface area (Å²) >= 11 is -17.5. The van der Waals surface area contributed by atoms with E-state index in [4.69, 9.17) is 63.3 Å². The predicted molar refractivity (Wildman–Crippen MR) is 62.7 cm³/mol. The van der Waals surface area contributed by atoms with E-state index in [1.807, 2.05) is 0 Å². The summed E-state index contributed by atoms with van der Waals surface area (Å²) < 4.78 is 136. The molecule has 0 rings (SSSR count). The Hall–Kier alpha value is 2.90. The largest absolute Gasteiger partial charge is 4.00 e. The van der Waals surface area contributed by atoms with Gasteiger partial charge in [0.25, 0.3) is 0 Å². The van der Waals surface area contributed by atoms with Gasteiger partial charge in [0.05, 0.1) is 0 Å². The van der Waals surface area contributed by atoms with Crippen LogP contribution in [0.4, 0.5) is 0 Å². The minimum atomic E-state index is -2.19. The summed E-state index contributed by atoms with van der Waals surface area (Å²) in [5.74, 6) is 0. The van der Waals surface area contributed by atoms with Crippen LogP contribution in [0.2, 0.25) is 0 Å². The van der Waals surface area contributed by atoms with E-state index in [1.54, 1.807) is 0 Å². The van der Waals surface area contributed by atoms with E-state index in [0.717, 1.165) is 0 Å². The van der Waals surface area contributed by atoms with Gasteiger partial charge in [-0.15, -0.1) is 0 Å². The number of rotatable bonds is 0. The fourth-order valence-electron chi connectivity index (χ4n) is 0. The molecule has 0 atom stereocenters. The van der Waals surface area contributed by atoms with Crippen molar-refractivity contribution in [1.29, 1.82) is 0 Å². The van der Waals surface area contributed by atoms with Crippen molar-refractivity contribution >= 4 is 126 Å². The molecule has 0 aliphatic heterocycles. The van der Waals surface area contributed by atoms with Crippen LogP contribution in [0.5, 0.6) is 0 Å². The average Bonchev–Trinajstić information content (AvgIpc) is 2.45. The monoisotopic (exact) mass is 1130 g/mol. The van der Waals surface area contributed by atoms with Gasteiger partial charge >= 0.3 is 241 Å². The fraction of sp³-hybridized carbons (Fsp3) is 0. The molecular weight excluding hydrogens is 1110 g/mol. The second kappa shape index (κ2) is 170. The minimum Gasteiger partial charge on any atom is 4.00 e. The first-order valence-electron chi connectivity index (χ1n) is 3.77. The van der Waals surface area contributed by atoms with E-state index < -0.39 is 126 Å². The summed E-state index contributed by atoms with van der Waals surface area (Å²) in [5.41, 5.74) is 0. The van der Waals surface area contributed by atoms with Gasteiger partial charge in [-0.3, -0.25) is 0 Å². The van der Waals surface area contributed by atoms with Gasteiger partial charge in [0.2, 0.25) is 0 Å². The molecule has 16 nitrogen and oxygen atoms in total. The predicted octanol–water partition coefficient (Wildman–Crippen LogP) is -15.7. The molecule has 0 aromatic rings. The van der Waals surface area contributed by atoms with Gasteiger partial charge in [0.1, 0.15) is 0 Å². The molecule has 0 amide bonds. The molecule has 0 heterocycles. The minimum absolute atomic E-state index is 0. The zero-order valence-electron chi connectivity index (χ0n) is 12.2. The maximum Gasteiger partial charge on any atom is 4.00 e. The summed E-state index contributed by atoms with van der Waals surface area (Å²) in [6, 6.07) is 0. The zero-order valence-corrected chi connectivity index (χ0v) is 37.6. The number of hydrogen-bond acceptors (Lipinski definition) is 16. The first-order chi connectivity index (χ1) is 11.3. The SMILES string of the molecule is [Hf+4].[O]=[GeH][O-].[O]=[GeH][O-].[O]=[GeH][O-].[O]=[GeH][O-].[O]=[GeH][O-].[O]=[GeH][O-].[O]=[GeH][O-].[O]=[GeH][O-].[Zr+4]. The molecule has 0 fully saturated rings. The molecule has 0 aliphatic carbocycles. The van der Waals surface area contributed by atoms with Gasteiger partial charge in [-0.25, -0.2) is 0 Å². The summed E-state index contributed by atoms with van der Waals surface area (Å²) in [5, 5.41) is 0. The van der Waals surface area contributed by atoms with Gasteiger partial charge in [-0.2, -0.15) is 0 Å². The molecular formula is H8Ge8HfO16Zr. The Bertz CT molecular complexity index is 166. The second-order valence-corrected chi connectivity index (χ2v) is 4.00. The van der Waals surface area contributed by atoms with Crippen LogP contribution >= 0.6 is 0 Å². The first-order valence-corrected chi connectivity index (χ1v) is 19.6. The van der Waals surface area contributed by atoms with E-state index in [1.165, 1.54) is 0 Å². The smallest absolute Gasteiger partial charge is 4.00 e. The van der Waals surface area contributed by atoms with E-state index >= 15 is 0 Å². The Balaban J connectivity index is -0.0000000139. The summed E-state index contributed by atoms with van der Waals surface area (Å²) in [6.45, 7) is 0. The molecule has 0 spiro atoms. The summed E-state index contributed by atoms with van der Waals surface area (Å²) in [6.07, 6.45) is 0. The maximum atomic E-state index is 8.53. The quantitative estimate of drug-likeness (QED) is 0.203. The van der Waals surface area contributed by atoms with E-state index in [-0.39, 0.29) is 52.0 Å². The third kappa shape index (κ3) is 2150. The van der Waals surface area contributed by atoms with Crippen molar-refractivity contribution < 1.29 is 115 Å². The summed E-state index contributed by atoms with van der Waals surface area (Å²) in [4.78, 5) is 0. The molecule has 0 bridgehead atoms. The molecule has 0 aromatic heterocycles. The Kier molecular flexibility index (Phi) is 412. The van der Waals surface area contributed by atoms with Gasteiger partial charge in [0.15, 0.2) is 0 Å². The van der Waals surface area contributed by atoms with Gasteiger partial charge in [-0.1, -0.05) is 0 Å². The molecule has 0 saturated carbocycles. The zero-order chi connectivity index (χ0) is 21.7. The third-order valence-electron chi connectivity index (χ3n) is 0. The van der Waals surface area contributed by atoms with Crippen molar-refractivity contribution in [3.63, 3.8) is 0 Å². The Morgan fingerprint density at radius 3 is 0.308 bits per heavy atom. The van der Waals surface area contributed by atoms with E-state index in [2.05, 4.69) is 0 Å². The van der Waals surface area contributed by atoms with Crippen LogP contribution < -0.4 is 33.1 Å². The van der Waals surface area contributed by atoms with Gasteiger partial charge < -0.3 is 0 Å². The van der Waals surface area contributed by atoms with Crippen LogP contribution in [0, 0.1) is 0 Å². The molecule has 26 heteroatoms. The molecule has 0 N–H and O–H groups in total. The van der Waals surface area contributed by atoms with E-state index in [0.29, 0.717) is 0 Å². The van der Waals surface area contributed by atoms with Gasteiger partial charge in [-0.05, 0) is 0 Å². The van der Waals surface area contributed by atoms with Crippen molar-refractivity contribution in [2.75, 3.05) is 0 Å². The molecule has 0 saturated heterocycles. The standard InChI is InChI=1S/8GeHO2.Hf.Zr/c8*2-1-3;;/h8*1H;;/q8*-1;2*+4. The average molecular weight is 1110 g/mol. The van der Waals surface area contributed by atoms with Crippen molar-refractivity contribution in [3.05, 3.63) is 0 Å². The topological polar surface area (TPSA) is 321 Å². The Morgan fingerprint density at radius 1 is 0.308 bits per heavy atom. The van der Waals surface area contributed by atoms with Crippen molar-refractivity contribution in [3.8, 4) is 0 Å². The summed E-state index contributed by atoms with van der Waals surface area (Å²) in [7, 11) is 0. The van der Waals surface area contributed by atoms with Crippen LogP contribution in [0.1, 0.15) is 0 Å². The van der Waals surface area contributed by atoms with Crippen molar-refractivity contribution in [2.45, 2.75) is 0 Å². The number of hydrogen-bond donors (Lipinski definition) is 0. The van der Waals surface area contributed by atoms with Crippen LogP contribution in [0.25, 0.3) is 0 Å². The molecule has 0 aliphatic rings. The van der Waals surface area contributed by atoms with Crippen molar-refractivity contribution in [2.24, 2.45) is 0 Å². The van der Waals surface area contributed by atoms with Gasteiger partial charge in [0, 0.05) is 0 Å². The van der Waals surface area contributed by atoms with Crippen LogP contribution in [0.15, 0.2) is 0 Å². The van der Waals surface area contributed by atoms with Crippen LogP contribution in [0.3, 0.4) is 0 Å². The molecule has 26 heavy (non-hydrogen) atoms. The second-order valence-electron chi connectivity index (χ2n) is 0.770.